The second-order valence-corrected chi connectivity index (χ2v) is 17.3. The summed E-state index contributed by atoms with van der Waals surface area (Å²) in [6.45, 7) is 1.08. The van der Waals surface area contributed by atoms with Gasteiger partial charge < -0.3 is 54.7 Å². The number of β-amino-alcohol motifs (C(OH)–C–C–N with tert-alkyl or cyclic N) is 1. The fraction of sp³-hybridized carbons (Fsp3) is 0.364. The Morgan fingerprint density at radius 2 is 1.92 bits per heavy atom. The molecule has 8 unspecified atom stereocenters. The molecule has 2 fully saturated rings. The Labute approximate surface area is 349 Å². The van der Waals surface area contributed by atoms with Gasteiger partial charge in [-0.15, -0.1) is 0 Å². The van der Waals surface area contributed by atoms with Crippen LogP contribution in [0.25, 0.3) is 28.2 Å². The van der Waals surface area contributed by atoms with E-state index >= 15 is 0 Å². The largest absolute Gasteiger partial charge is 0.508 e. The van der Waals surface area contributed by atoms with Crippen molar-refractivity contribution in [3.05, 3.63) is 125 Å². The average molecular weight is 844 g/mol. The van der Waals surface area contributed by atoms with E-state index in [-0.39, 0.29) is 58.1 Å². The Morgan fingerprint density at radius 3 is 2.66 bits per heavy atom. The number of carboxylic acids is 1. The van der Waals surface area contributed by atoms with Gasteiger partial charge in [0.05, 0.1) is 10.9 Å². The number of rotatable bonds is 12. The molecule has 0 amide bonds. The molecule has 7 rings (SSSR count). The van der Waals surface area contributed by atoms with Crippen molar-refractivity contribution in [1.29, 1.82) is 0 Å². The highest BCUT2D eigenvalue weighted by atomic mass is 33.1. The van der Waals surface area contributed by atoms with Crippen molar-refractivity contribution in [3.63, 3.8) is 0 Å². The first kappa shape index (κ1) is 42.5. The lowest BCUT2D eigenvalue weighted by Gasteiger charge is -2.49. The molecule has 3 aromatic carbocycles. The van der Waals surface area contributed by atoms with E-state index in [1.165, 1.54) is 53.0 Å². The number of aromatic amines is 1. The minimum atomic E-state index is -2.10. The highest BCUT2D eigenvalue weighted by Gasteiger charge is 2.59. The van der Waals surface area contributed by atoms with Crippen LogP contribution in [0.15, 0.2) is 113 Å². The third-order valence-electron chi connectivity index (χ3n) is 11.1. The summed E-state index contributed by atoms with van der Waals surface area (Å²) < 4.78 is 24.2. The number of allylic oxidation sites excluding steroid dienone is 1. The van der Waals surface area contributed by atoms with Crippen LogP contribution in [0.3, 0.4) is 0 Å². The molecule has 0 spiro atoms. The van der Waals surface area contributed by atoms with Gasteiger partial charge in [-0.2, -0.15) is 0 Å². The zero-order valence-electron chi connectivity index (χ0n) is 32.4. The maximum atomic E-state index is 13.5. The number of benzene rings is 3. The van der Waals surface area contributed by atoms with Gasteiger partial charge in [0, 0.05) is 30.8 Å². The number of fused-ring (bicyclic) bond motifs is 2. The van der Waals surface area contributed by atoms with E-state index in [9.17, 15) is 30.0 Å². The second-order valence-electron chi connectivity index (χ2n) is 14.9. The number of ether oxygens (including phenoxy) is 3. The van der Waals surface area contributed by atoms with Gasteiger partial charge in [-0.25, -0.2) is 4.79 Å². The zero-order valence-corrected chi connectivity index (χ0v) is 34.1. The summed E-state index contributed by atoms with van der Waals surface area (Å²) in [6, 6.07) is 22.9. The van der Waals surface area contributed by atoms with E-state index in [1.54, 1.807) is 22.9 Å². The first-order chi connectivity index (χ1) is 28.7. The van der Waals surface area contributed by atoms with Crippen LogP contribution in [0.2, 0.25) is 0 Å². The first-order valence-electron chi connectivity index (χ1n) is 19.5. The van der Waals surface area contributed by atoms with E-state index in [1.807, 2.05) is 37.6 Å². The van der Waals surface area contributed by atoms with Crippen LogP contribution >= 0.6 is 21.6 Å². The number of aromatic hydroxyl groups is 1. The van der Waals surface area contributed by atoms with Gasteiger partial charge in [-0.05, 0) is 97.8 Å². The fourth-order valence-electron chi connectivity index (χ4n) is 7.97. The number of carboxylic acid groups (broad SMARTS) is 1. The summed E-state index contributed by atoms with van der Waals surface area (Å²) in [5.41, 5.74) is 0.907. The van der Waals surface area contributed by atoms with Crippen LogP contribution in [0, 0.1) is 11.8 Å². The van der Waals surface area contributed by atoms with Crippen molar-refractivity contribution in [1.82, 2.24) is 15.6 Å². The second kappa shape index (κ2) is 19.7. The number of aromatic nitrogens is 1. The maximum Gasteiger partial charge on any atom is 0.335 e. The molecule has 5 aromatic rings. The Hall–Kier alpha value is -4.58. The molecule has 4 heterocycles. The first-order valence-corrected chi connectivity index (χ1v) is 22.0. The third-order valence-corrected chi connectivity index (χ3v) is 13.2. The molecule has 15 heteroatoms. The Kier molecular flexibility index (Phi) is 14.2. The van der Waals surface area contributed by atoms with Crippen molar-refractivity contribution >= 4 is 44.6 Å². The molecular weight excluding hydrogens is 795 g/mol. The van der Waals surface area contributed by atoms with Gasteiger partial charge in [0.2, 0.25) is 6.29 Å². The standard InChI is InChI=1S/C44H49N3O10S2/c1-45-18-16-28(9-5-8-27-6-3-2-4-7-27)34-22-47-25-44(53)41(55-26-59-58-24-36(34)30-17-19-46-21-30)39(50)40(42(51)52)57-43(44)56-32-14-15-33-37(20-32)54-23-35(38(33)49)29-10-12-31(48)13-11-29/h2-8,10-15,17,19-21,23,28,34,36,39-41,43,45-48,50,53H,9,16,18,22,24-26H2,1H3,(H,51,52). The zero-order chi connectivity index (χ0) is 41.4. The van der Waals surface area contributed by atoms with Gasteiger partial charge in [-0.1, -0.05) is 76.2 Å². The number of aliphatic hydroxyl groups is 2. The molecule has 0 aliphatic carbocycles. The van der Waals surface area contributed by atoms with Crippen LogP contribution in [0.4, 0.5) is 0 Å². The van der Waals surface area contributed by atoms with Crippen molar-refractivity contribution in [2.45, 2.75) is 49.0 Å². The summed E-state index contributed by atoms with van der Waals surface area (Å²) in [7, 11) is 4.98. The van der Waals surface area contributed by atoms with Gasteiger partial charge in [0.15, 0.2) is 17.1 Å². The molecule has 2 saturated heterocycles. The fourth-order valence-corrected chi connectivity index (χ4v) is 10.0. The Morgan fingerprint density at radius 1 is 1.10 bits per heavy atom. The van der Waals surface area contributed by atoms with Crippen molar-refractivity contribution in [2.75, 3.05) is 38.4 Å². The van der Waals surface area contributed by atoms with E-state index in [0.29, 0.717) is 17.7 Å². The number of carbonyl (C=O) groups is 1. The lowest BCUT2D eigenvalue weighted by atomic mass is 9.76. The molecule has 7 N–H and O–H groups in total. The van der Waals surface area contributed by atoms with Crippen molar-refractivity contribution in [3.8, 4) is 22.6 Å². The Bertz CT molecular complexity index is 2220. The van der Waals surface area contributed by atoms with Crippen LogP contribution < -0.4 is 20.8 Å². The summed E-state index contributed by atoms with van der Waals surface area (Å²) in [4.78, 5) is 29.2. The smallest absolute Gasteiger partial charge is 0.335 e. The molecule has 0 bridgehead atoms. The topological polar surface area (TPSA) is 196 Å². The normalized spacial score (nSPS) is 26.1. The average Bonchev–Trinajstić information content (AvgIpc) is 3.77. The predicted octanol–water partition coefficient (Wildman–Crippen LogP) is 5.83. The number of hydrogen-bond donors (Lipinski definition) is 7. The highest BCUT2D eigenvalue weighted by molar-refractivity contribution is 8.76. The lowest BCUT2D eigenvalue weighted by molar-refractivity contribution is -0.316. The van der Waals surface area contributed by atoms with Gasteiger partial charge in [0.25, 0.3) is 0 Å². The van der Waals surface area contributed by atoms with E-state index in [0.717, 1.165) is 30.7 Å². The van der Waals surface area contributed by atoms with Gasteiger partial charge >= 0.3 is 5.97 Å². The number of phenolic OH excluding ortho intramolecular Hbond substituents is 1. The minimum absolute atomic E-state index is 0.0335. The number of H-pyrrole nitrogens is 1. The molecular formula is C44H49N3O10S2. The van der Waals surface area contributed by atoms with Crippen molar-refractivity contribution < 1.29 is 43.8 Å². The molecule has 2 aliphatic rings. The number of aliphatic carboxylic acids is 1. The number of phenols is 1. The monoisotopic (exact) mass is 843 g/mol. The SMILES string of the molecule is CNCCC(CC=Cc1ccccc1)C1CNCC2(O)C(Oc3ccc4c(=O)c(-c5ccc(O)cc5)coc4c3)OC(C(=O)O)C(O)C2OCSSCC1c1cc[nH]c1. The number of aliphatic hydroxyl groups excluding tert-OH is 1. The molecule has 59 heavy (non-hydrogen) atoms. The summed E-state index contributed by atoms with van der Waals surface area (Å²) in [5.74, 6) is -0.0750. The van der Waals surface area contributed by atoms with E-state index in [4.69, 9.17) is 18.6 Å². The van der Waals surface area contributed by atoms with Gasteiger partial charge in [-0.3, -0.25) is 4.79 Å². The number of hydrogen-bond acceptors (Lipinski definition) is 13. The number of nitrogens with one attached hydrogen (secondary N) is 3. The molecule has 0 saturated carbocycles. The quantitative estimate of drug-likeness (QED) is 0.0742. The maximum absolute atomic E-state index is 13.5. The molecule has 0 radical (unpaired) electrons. The van der Waals surface area contributed by atoms with Crippen LogP contribution in [0.5, 0.6) is 11.5 Å². The molecule has 2 aliphatic heterocycles. The van der Waals surface area contributed by atoms with Gasteiger partial charge in [0.1, 0.15) is 41.5 Å². The van der Waals surface area contributed by atoms with Crippen molar-refractivity contribution in [2.24, 2.45) is 11.8 Å². The molecule has 2 aromatic heterocycles. The summed E-state index contributed by atoms with van der Waals surface area (Å²) in [5, 5.41) is 51.0. The third kappa shape index (κ3) is 9.90. The lowest BCUT2D eigenvalue weighted by Crippen LogP contribution is -2.72. The van der Waals surface area contributed by atoms with E-state index < -0.39 is 36.2 Å². The van der Waals surface area contributed by atoms with Crippen LogP contribution in [-0.4, -0.2) is 100.0 Å². The van der Waals surface area contributed by atoms with Crippen LogP contribution in [-0.2, 0) is 14.3 Å². The van der Waals surface area contributed by atoms with Crippen LogP contribution in [0.1, 0.15) is 29.9 Å². The molecule has 8 atom stereocenters. The Balaban J connectivity index is 1.19. The predicted molar refractivity (Wildman–Crippen MR) is 229 cm³/mol. The minimum Gasteiger partial charge on any atom is -0.508 e. The van der Waals surface area contributed by atoms with E-state index in [2.05, 4.69) is 46.0 Å². The summed E-state index contributed by atoms with van der Waals surface area (Å²) >= 11 is 0. The molecule has 13 nitrogen and oxygen atoms in total. The highest BCUT2D eigenvalue weighted by Crippen LogP contribution is 2.41. The molecule has 312 valence electrons. The summed E-state index contributed by atoms with van der Waals surface area (Å²) in [6.07, 6.45) is 4.74.